The molecule has 2 aliphatic rings. The average molecular weight is 386 g/mol. The second kappa shape index (κ2) is 7.22. The molecule has 2 fully saturated rings. The molecule has 0 spiro atoms. The van der Waals surface area contributed by atoms with Crippen molar-refractivity contribution in [1.82, 2.24) is 5.32 Å². The molecule has 1 aliphatic heterocycles. The molecule has 4 rings (SSSR count). The Morgan fingerprint density at radius 2 is 1.93 bits per heavy atom. The molecule has 0 bridgehead atoms. The minimum absolute atomic E-state index is 0.00940. The van der Waals surface area contributed by atoms with E-state index in [1.54, 1.807) is 0 Å². The highest BCUT2D eigenvalue weighted by molar-refractivity contribution is 5.89. The van der Waals surface area contributed by atoms with E-state index in [-0.39, 0.29) is 23.6 Å². The number of benzene rings is 2. The lowest BCUT2D eigenvalue weighted by atomic mass is 10.1. The molecule has 2 aromatic rings. The molecule has 1 saturated heterocycles. The van der Waals surface area contributed by atoms with E-state index in [4.69, 9.17) is 4.74 Å². The fourth-order valence-electron chi connectivity index (χ4n) is 3.66. The Morgan fingerprint density at radius 1 is 1.21 bits per heavy atom. The van der Waals surface area contributed by atoms with Crippen LogP contribution in [0.1, 0.15) is 36.4 Å². The van der Waals surface area contributed by atoms with Crippen molar-refractivity contribution >= 4 is 17.7 Å². The zero-order valence-corrected chi connectivity index (χ0v) is 15.3. The Kier molecular flexibility index (Phi) is 4.75. The summed E-state index contributed by atoms with van der Waals surface area (Å²) in [5.41, 5.74) is 1.53. The third kappa shape index (κ3) is 3.44. The first kappa shape index (κ1) is 18.4. The van der Waals surface area contributed by atoms with E-state index in [9.17, 15) is 18.4 Å². The molecule has 5 nitrogen and oxygen atoms in total. The van der Waals surface area contributed by atoms with Gasteiger partial charge in [0.15, 0.2) is 0 Å². The van der Waals surface area contributed by atoms with Gasteiger partial charge in [0.1, 0.15) is 18.2 Å². The summed E-state index contributed by atoms with van der Waals surface area (Å²) in [6.45, 7) is 2.67. The van der Waals surface area contributed by atoms with Gasteiger partial charge in [0.25, 0.3) is 0 Å². The van der Waals surface area contributed by atoms with Crippen LogP contribution >= 0.6 is 0 Å². The molecule has 2 amide bonds. The molecule has 1 N–H and O–H groups in total. The second-order valence-corrected chi connectivity index (χ2v) is 7.18. The van der Waals surface area contributed by atoms with Crippen molar-refractivity contribution in [3.63, 3.8) is 0 Å². The van der Waals surface area contributed by atoms with Crippen LogP contribution in [0.2, 0.25) is 0 Å². The summed E-state index contributed by atoms with van der Waals surface area (Å²) in [7, 11) is 0. The van der Waals surface area contributed by atoms with Gasteiger partial charge in [-0.05, 0) is 43.2 Å². The van der Waals surface area contributed by atoms with E-state index in [2.05, 4.69) is 5.32 Å². The van der Waals surface area contributed by atoms with E-state index in [1.165, 1.54) is 23.1 Å². The molecular weight excluding hydrogens is 366 g/mol. The van der Waals surface area contributed by atoms with Crippen molar-refractivity contribution in [2.45, 2.75) is 25.3 Å². The number of hydrogen-bond acceptors (Lipinski definition) is 3. The number of carbonyl (C=O) groups excluding carboxylic acids is 2. The van der Waals surface area contributed by atoms with Gasteiger partial charge < -0.3 is 10.1 Å². The van der Waals surface area contributed by atoms with Gasteiger partial charge in [-0.25, -0.2) is 13.6 Å². The number of cyclic esters (lactones) is 1. The number of hydrogen-bond donors (Lipinski definition) is 1. The molecule has 1 aliphatic carbocycles. The lowest BCUT2D eigenvalue weighted by molar-refractivity contribution is -0.123. The van der Waals surface area contributed by atoms with E-state index in [1.807, 2.05) is 31.2 Å². The predicted octanol–water partition coefficient (Wildman–Crippen LogP) is 3.90. The van der Waals surface area contributed by atoms with Crippen molar-refractivity contribution in [2.75, 3.05) is 18.1 Å². The Bertz CT molecular complexity index is 913. The van der Waals surface area contributed by atoms with Crippen LogP contribution in [0.15, 0.2) is 42.5 Å². The topological polar surface area (TPSA) is 58.6 Å². The fourth-order valence-corrected chi connectivity index (χ4v) is 3.66. The normalized spacial score (nSPS) is 22.0. The fraction of sp³-hybridized carbons (Fsp3) is 0.333. The van der Waals surface area contributed by atoms with E-state index >= 15 is 0 Å². The standard InChI is InChI=1S/C21H20F2N2O3/c1-12(13-4-2-5-14(10-13)25-8-9-28-21(25)27)24-20(26)16-11-15(16)19-17(22)6-3-7-18(19)23/h2-7,10,12,15-16H,8-9,11H2,1H3,(H,24,26)/t12-,15-,16-/m0/s1. The van der Waals surface area contributed by atoms with Gasteiger partial charge >= 0.3 is 6.09 Å². The quantitative estimate of drug-likeness (QED) is 0.848. The van der Waals surface area contributed by atoms with Crippen LogP contribution < -0.4 is 10.2 Å². The van der Waals surface area contributed by atoms with Gasteiger partial charge in [-0.1, -0.05) is 18.2 Å². The van der Waals surface area contributed by atoms with Gasteiger partial charge in [0.2, 0.25) is 5.91 Å². The van der Waals surface area contributed by atoms with Gasteiger partial charge in [0, 0.05) is 23.1 Å². The van der Waals surface area contributed by atoms with Crippen molar-refractivity contribution in [3.05, 3.63) is 65.2 Å². The van der Waals surface area contributed by atoms with Crippen LogP contribution in [0.25, 0.3) is 0 Å². The van der Waals surface area contributed by atoms with Crippen LogP contribution in [0.3, 0.4) is 0 Å². The molecular formula is C21H20F2N2O3. The molecule has 0 radical (unpaired) electrons. The van der Waals surface area contributed by atoms with Gasteiger partial charge in [-0.3, -0.25) is 9.69 Å². The summed E-state index contributed by atoms with van der Waals surface area (Å²) >= 11 is 0. The van der Waals surface area contributed by atoms with Gasteiger partial charge in [-0.2, -0.15) is 0 Å². The smallest absolute Gasteiger partial charge is 0.414 e. The molecule has 2 aromatic carbocycles. The van der Waals surface area contributed by atoms with Crippen LogP contribution in [0.4, 0.5) is 19.3 Å². The van der Waals surface area contributed by atoms with Crippen molar-refractivity contribution in [3.8, 4) is 0 Å². The molecule has 28 heavy (non-hydrogen) atoms. The average Bonchev–Trinajstić information content (AvgIpc) is 3.34. The van der Waals surface area contributed by atoms with Crippen molar-refractivity contribution in [1.29, 1.82) is 0 Å². The van der Waals surface area contributed by atoms with Crippen LogP contribution in [-0.4, -0.2) is 25.2 Å². The van der Waals surface area contributed by atoms with E-state index < -0.39 is 23.5 Å². The second-order valence-electron chi connectivity index (χ2n) is 7.18. The summed E-state index contributed by atoms with van der Waals surface area (Å²) in [4.78, 5) is 25.8. The van der Waals surface area contributed by atoms with Crippen LogP contribution in [0, 0.1) is 17.6 Å². The lowest BCUT2D eigenvalue weighted by Crippen LogP contribution is -2.29. The summed E-state index contributed by atoms with van der Waals surface area (Å²) in [5.74, 6) is -2.33. The first-order valence-corrected chi connectivity index (χ1v) is 9.24. The first-order valence-electron chi connectivity index (χ1n) is 9.24. The predicted molar refractivity (Wildman–Crippen MR) is 98.9 cm³/mol. The summed E-state index contributed by atoms with van der Waals surface area (Å²) < 4.78 is 32.8. The highest BCUT2D eigenvalue weighted by Gasteiger charge is 2.46. The molecule has 7 heteroatoms. The summed E-state index contributed by atoms with van der Waals surface area (Å²) in [6.07, 6.45) is 0.0392. The van der Waals surface area contributed by atoms with Crippen molar-refractivity contribution < 1.29 is 23.1 Å². The maximum absolute atomic E-state index is 13.9. The van der Waals surface area contributed by atoms with Gasteiger partial charge in [-0.15, -0.1) is 0 Å². The molecule has 1 saturated carbocycles. The SMILES string of the molecule is C[C@H](NC(=O)[C@H]1C[C@@H]1c1c(F)cccc1F)c1cccc(N2CCOC2=O)c1. The minimum atomic E-state index is -0.612. The van der Waals surface area contributed by atoms with Crippen molar-refractivity contribution in [2.24, 2.45) is 5.92 Å². The Labute approximate surface area is 161 Å². The Hall–Kier alpha value is -2.96. The molecule has 3 atom stereocenters. The summed E-state index contributed by atoms with van der Waals surface area (Å²) in [5, 5.41) is 2.91. The number of rotatable bonds is 5. The zero-order chi connectivity index (χ0) is 19.8. The third-order valence-corrected chi connectivity index (χ3v) is 5.30. The number of ether oxygens (including phenoxy) is 1. The molecule has 146 valence electrons. The number of amides is 2. The first-order chi connectivity index (χ1) is 13.5. The van der Waals surface area contributed by atoms with Crippen LogP contribution in [0.5, 0.6) is 0 Å². The third-order valence-electron chi connectivity index (χ3n) is 5.30. The number of carbonyl (C=O) groups is 2. The molecule has 0 unspecified atom stereocenters. The number of nitrogens with one attached hydrogen (secondary N) is 1. The summed E-state index contributed by atoms with van der Waals surface area (Å²) in [6, 6.07) is 10.7. The number of anilines is 1. The Balaban J connectivity index is 1.42. The molecule has 0 aromatic heterocycles. The van der Waals surface area contributed by atoms with Gasteiger partial charge in [0.05, 0.1) is 12.6 Å². The maximum atomic E-state index is 13.9. The maximum Gasteiger partial charge on any atom is 0.414 e. The largest absolute Gasteiger partial charge is 0.447 e. The van der Waals surface area contributed by atoms with E-state index in [0.29, 0.717) is 25.3 Å². The Morgan fingerprint density at radius 3 is 2.61 bits per heavy atom. The highest BCUT2D eigenvalue weighted by Crippen LogP contribution is 2.49. The monoisotopic (exact) mass is 386 g/mol. The minimum Gasteiger partial charge on any atom is -0.447 e. The van der Waals surface area contributed by atoms with E-state index in [0.717, 1.165) is 5.56 Å². The zero-order valence-electron chi connectivity index (χ0n) is 15.3. The van der Waals surface area contributed by atoms with Crippen LogP contribution in [-0.2, 0) is 9.53 Å². The highest BCUT2D eigenvalue weighted by atomic mass is 19.1. The molecule has 1 heterocycles. The number of halogens is 2. The number of nitrogens with zero attached hydrogens (tertiary/aromatic N) is 1. The lowest BCUT2D eigenvalue weighted by Gasteiger charge is -2.18.